The third kappa shape index (κ3) is 3.67. The van der Waals surface area contributed by atoms with Crippen molar-refractivity contribution in [2.45, 2.75) is 26.4 Å². The number of carboxylic acids is 1. The predicted octanol–water partition coefficient (Wildman–Crippen LogP) is 1.28. The lowest BCUT2D eigenvalue weighted by Crippen LogP contribution is -2.35. The lowest BCUT2D eigenvalue weighted by molar-refractivity contribution is -0.141. The molecule has 2 unspecified atom stereocenters. The number of nitrogens with zero attached hydrogens (tertiary/aromatic N) is 1. The highest BCUT2D eigenvalue weighted by atomic mass is 16.4. The van der Waals surface area contributed by atoms with Crippen LogP contribution in [0, 0.1) is 5.92 Å². The molecular formula is C11H16N2O2. The molecule has 0 saturated carbocycles. The number of aliphatic carboxylic acids is 1. The normalized spacial score (nSPS) is 14.5. The van der Waals surface area contributed by atoms with Gasteiger partial charge in [0.05, 0.1) is 5.92 Å². The molecule has 0 bridgehead atoms. The SMILES string of the molecule is CC(NCc1ccncc1)C(C)C(=O)O. The van der Waals surface area contributed by atoms with E-state index in [2.05, 4.69) is 10.3 Å². The summed E-state index contributed by atoms with van der Waals surface area (Å²) < 4.78 is 0. The van der Waals surface area contributed by atoms with Crippen molar-refractivity contribution in [3.05, 3.63) is 30.1 Å². The highest BCUT2D eigenvalue weighted by Crippen LogP contribution is 2.04. The minimum Gasteiger partial charge on any atom is -0.481 e. The molecule has 0 amide bonds. The van der Waals surface area contributed by atoms with E-state index in [0.29, 0.717) is 6.54 Å². The van der Waals surface area contributed by atoms with Crippen LogP contribution in [0.15, 0.2) is 24.5 Å². The van der Waals surface area contributed by atoms with E-state index in [0.717, 1.165) is 5.56 Å². The van der Waals surface area contributed by atoms with Crippen LogP contribution in [0.25, 0.3) is 0 Å². The molecule has 1 aromatic rings. The summed E-state index contributed by atoms with van der Waals surface area (Å²) in [4.78, 5) is 14.6. The van der Waals surface area contributed by atoms with Gasteiger partial charge in [0.1, 0.15) is 0 Å². The van der Waals surface area contributed by atoms with Crippen LogP contribution in [0.2, 0.25) is 0 Å². The van der Waals surface area contributed by atoms with Crippen LogP contribution in [-0.4, -0.2) is 22.1 Å². The van der Waals surface area contributed by atoms with Crippen LogP contribution in [0.1, 0.15) is 19.4 Å². The molecule has 2 N–H and O–H groups in total. The molecule has 0 aliphatic carbocycles. The second-order valence-electron chi connectivity index (χ2n) is 3.65. The number of carbonyl (C=O) groups is 1. The fraction of sp³-hybridized carbons (Fsp3) is 0.455. The van der Waals surface area contributed by atoms with E-state index < -0.39 is 5.97 Å². The Bertz CT molecular complexity index is 314. The zero-order chi connectivity index (χ0) is 11.3. The molecule has 4 nitrogen and oxygen atoms in total. The quantitative estimate of drug-likeness (QED) is 0.765. The van der Waals surface area contributed by atoms with Crippen molar-refractivity contribution in [3.63, 3.8) is 0 Å². The van der Waals surface area contributed by atoms with Crippen molar-refractivity contribution in [2.24, 2.45) is 5.92 Å². The number of rotatable bonds is 5. The largest absolute Gasteiger partial charge is 0.481 e. The molecule has 15 heavy (non-hydrogen) atoms. The van der Waals surface area contributed by atoms with Crippen molar-refractivity contribution in [1.29, 1.82) is 0 Å². The Hall–Kier alpha value is -1.42. The number of hydrogen-bond donors (Lipinski definition) is 2. The minimum absolute atomic E-state index is 0.0457. The van der Waals surface area contributed by atoms with Gasteiger partial charge in [0.2, 0.25) is 0 Å². The Morgan fingerprint density at radius 1 is 1.47 bits per heavy atom. The first-order valence-corrected chi connectivity index (χ1v) is 4.96. The van der Waals surface area contributed by atoms with Gasteiger partial charge in [-0.2, -0.15) is 0 Å². The standard InChI is InChI=1S/C11H16N2O2/c1-8(11(14)15)9(2)13-7-10-3-5-12-6-4-10/h3-6,8-9,13H,7H2,1-2H3,(H,14,15). The molecule has 0 radical (unpaired) electrons. The van der Waals surface area contributed by atoms with E-state index in [1.807, 2.05) is 19.1 Å². The van der Waals surface area contributed by atoms with E-state index in [9.17, 15) is 4.79 Å². The molecule has 2 atom stereocenters. The third-order valence-corrected chi connectivity index (χ3v) is 2.52. The van der Waals surface area contributed by atoms with Crippen LogP contribution in [0.4, 0.5) is 0 Å². The first kappa shape index (κ1) is 11.7. The lowest BCUT2D eigenvalue weighted by Gasteiger charge is -2.17. The van der Waals surface area contributed by atoms with Crippen molar-refractivity contribution < 1.29 is 9.90 Å². The maximum absolute atomic E-state index is 10.7. The average molecular weight is 208 g/mol. The summed E-state index contributed by atoms with van der Waals surface area (Å²) in [5.74, 6) is -1.16. The Morgan fingerprint density at radius 2 is 2.07 bits per heavy atom. The molecule has 4 heteroatoms. The van der Waals surface area contributed by atoms with Gasteiger partial charge in [-0.1, -0.05) is 6.92 Å². The van der Waals surface area contributed by atoms with Gasteiger partial charge in [-0.3, -0.25) is 9.78 Å². The predicted molar refractivity (Wildman–Crippen MR) is 57.3 cm³/mol. The summed E-state index contributed by atoms with van der Waals surface area (Å²) in [7, 11) is 0. The maximum atomic E-state index is 10.7. The summed E-state index contributed by atoms with van der Waals surface area (Å²) in [5.41, 5.74) is 1.11. The number of pyridine rings is 1. The number of hydrogen-bond acceptors (Lipinski definition) is 3. The molecular weight excluding hydrogens is 192 g/mol. The molecule has 1 rings (SSSR count). The maximum Gasteiger partial charge on any atom is 0.307 e. The van der Waals surface area contributed by atoms with Gasteiger partial charge in [-0.05, 0) is 24.6 Å². The van der Waals surface area contributed by atoms with Gasteiger partial charge in [-0.15, -0.1) is 0 Å². The Balaban J connectivity index is 2.41. The molecule has 0 fully saturated rings. The zero-order valence-corrected chi connectivity index (χ0v) is 8.97. The average Bonchev–Trinajstić information content (AvgIpc) is 2.26. The summed E-state index contributed by atoms with van der Waals surface area (Å²) >= 11 is 0. The summed E-state index contributed by atoms with van der Waals surface area (Å²) in [6.45, 7) is 4.24. The second kappa shape index (κ2) is 5.46. The molecule has 0 aliphatic rings. The van der Waals surface area contributed by atoms with E-state index in [1.165, 1.54) is 0 Å². The molecule has 0 saturated heterocycles. The van der Waals surface area contributed by atoms with Gasteiger partial charge in [0, 0.05) is 25.0 Å². The van der Waals surface area contributed by atoms with E-state index in [1.54, 1.807) is 19.3 Å². The highest BCUT2D eigenvalue weighted by molar-refractivity contribution is 5.70. The van der Waals surface area contributed by atoms with Gasteiger partial charge in [0.15, 0.2) is 0 Å². The Kier molecular flexibility index (Phi) is 4.24. The van der Waals surface area contributed by atoms with Crippen LogP contribution in [0.3, 0.4) is 0 Å². The number of nitrogens with one attached hydrogen (secondary N) is 1. The molecule has 82 valence electrons. The topological polar surface area (TPSA) is 62.2 Å². The van der Waals surface area contributed by atoms with Crippen molar-refractivity contribution in [1.82, 2.24) is 10.3 Å². The van der Waals surface area contributed by atoms with Crippen LogP contribution >= 0.6 is 0 Å². The zero-order valence-electron chi connectivity index (χ0n) is 8.97. The number of carboxylic acid groups (broad SMARTS) is 1. The van der Waals surface area contributed by atoms with Gasteiger partial charge >= 0.3 is 5.97 Å². The van der Waals surface area contributed by atoms with E-state index in [-0.39, 0.29) is 12.0 Å². The van der Waals surface area contributed by atoms with E-state index >= 15 is 0 Å². The van der Waals surface area contributed by atoms with Gasteiger partial charge in [0.25, 0.3) is 0 Å². The highest BCUT2D eigenvalue weighted by Gasteiger charge is 2.18. The van der Waals surface area contributed by atoms with Crippen molar-refractivity contribution in [3.8, 4) is 0 Å². The molecule has 1 aromatic heterocycles. The fourth-order valence-electron chi connectivity index (χ4n) is 1.17. The van der Waals surface area contributed by atoms with Crippen molar-refractivity contribution >= 4 is 5.97 Å². The fourth-order valence-corrected chi connectivity index (χ4v) is 1.17. The minimum atomic E-state index is -0.773. The molecule has 0 aliphatic heterocycles. The van der Waals surface area contributed by atoms with Crippen LogP contribution < -0.4 is 5.32 Å². The smallest absolute Gasteiger partial charge is 0.307 e. The van der Waals surface area contributed by atoms with Gasteiger partial charge < -0.3 is 10.4 Å². The molecule has 0 spiro atoms. The first-order chi connectivity index (χ1) is 7.11. The second-order valence-corrected chi connectivity index (χ2v) is 3.65. The summed E-state index contributed by atoms with van der Waals surface area (Å²) in [6.07, 6.45) is 3.45. The molecule has 0 aromatic carbocycles. The van der Waals surface area contributed by atoms with Crippen LogP contribution in [0.5, 0.6) is 0 Å². The molecule has 1 heterocycles. The first-order valence-electron chi connectivity index (χ1n) is 4.96. The Morgan fingerprint density at radius 3 is 2.60 bits per heavy atom. The van der Waals surface area contributed by atoms with Gasteiger partial charge in [-0.25, -0.2) is 0 Å². The third-order valence-electron chi connectivity index (χ3n) is 2.52. The monoisotopic (exact) mass is 208 g/mol. The van der Waals surface area contributed by atoms with Crippen LogP contribution in [-0.2, 0) is 11.3 Å². The van der Waals surface area contributed by atoms with Crippen molar-refractivity contribution in [2.75, 3.05) is 0 Å². The summed E-state index contributed by atoms with van der Waals surface area (Å²) in [5, 5.41) is 12.0. The van der Waals surface area contributed by atoms with E-state index in [4.69, 9.17) is 5.11 Å². The lowest BCUT2D eigenvalue weighted by atomic mass is 10.0. The Labute approximate surface area is 89.3 Å². The number of aromatic nitrogens is 1. The summed E-state index contributed by atoms with van der Waals surface area (Å²) in [6, 6.07) is 3.77.